The summed E-state index contributed by atoms with van der Waals surface area (Å²) in [6, 6.07) is 0. The molecule has 0 aliphatic carbocycles. The first-order valence-electron chi connectivity index (χ1n) is 3.99. The van der Waals surface area contributed by atoms with Gasteiger partial charge in [0.25, 0.3) is 0 Å². The van der Waals surface area contributed by atoms with E-state index in [2.05, 4.69) is 0 Å². The van der Waals surface area contributed by atoms with Crippen LogP contribution < -0.4 is 5.73 Å². The van der Waals surface area contributed by atoms with Crippen LogP contribution in [0.1, 0.15) is 12.8 Å². The van der Waals surface area contributed by atoms with Crippen LogP contribution in [-0.2, 0) is 15.5 Å². The molecule has 1 saturated heterocycles. The second kappa shape index (κ2) is 4.85. The van der Waals surface area contributed by atoms with Gasteiger partial charge in [0, 0.05) is 23.2 Å². The molecule has 1 heterocycles. The van der Waals surface area contributed by atoms with Gasteiger partial charge < -0.3 is 10.5 Å². The molecule has 2 unspecified atom stereocenters. The Bertz CT molecular complexity index is 134. The summed E-state index contributed by atoms with van der Waals surface area (Å²) in [6.07, 6.45) is 1.82. The molecule has 0 spiro atoms. The normalized spacial score (nSPS) is 27.2. The quantitative estimate of drug-likeness (QED) is 0.651. The molecule has 0 amide bonds. The standard InChI is InChI=1S/C7H15NO2S/c8-3-1-5-11(9)7-2-4-10-6-7/h7H,1-6,8H2. The summed E-state index contributed by atoms with van der Waals surface area (Å²) in [4.78, 5) is 0. The summed E-state index contributed by atoms with van der Waals surface area (Å²) in [7, 11) is -0.700. The highest BCUT2D eigenvalue weighted by molar-refractivity contribution is 7.85. The van der Waals surface area contributed by atoms with E-state index in [1.807, 2.05) is 0 Å². The van der Waals surface area contributed by atoms with E-state index in [0.29, 0.717) is 13.2 Å². The maximum Gasteiger partial charge on any atom is 0.0610 e. The van der Waals surface area contributed by atoms with Crippen LogP contribution in [0.15, 0.2) is 0 Å². The second-order valence-electron chi connectivity index (χ2n) is 2.71. The first kappa shape index (κ1) is 9.16. The van der Waals surface area contributed by atoms with E-state index < -0.39 is 10.8 Å². The predicted molar refractivity (Wildman–Crippen MR) is 45.9 cm³/mol. The highest BCUT2D eigenvalue weighted by Crippen LogP contribution is 2.11. The molecule has 3 nitrogen and oxygen atoms in total. The molecule has 0 aromatic heterocycles. The largest absolute Gasteiger partial charge is 0.380 e. The minimum absolute atomic E-state index is 0.279. The van der Waals surface area contributed by atoms with Crippen molar-refractivity contribution in [3.05, 3.63) is 0 Å². The number of ether oxygens (including phenoxy) is 1. The molecule has 1 aliphatic rings. The monoisotopic (exact) mass is 177 g/mol. The lowest BCUT2D eigenvalue weighted by Crippen LogP contribution is -2.19. The summed E-state index contributed by atoms with van der Waals surface area (Å²) < 4.78 is 16.5. The van der Waals surface area contributed by atoms with Crippen molar-refractivity contribution in [2.45, 2.75) is 18.1 Å². The van der Waals surface area contributed by atoms with E-state index in [-0.39, 0.29) is 5.25 Å². The Morgan fingerprint density at radius 3 is 3.00 bits per heavy atom. The van der Waals surface area contributed by atoms with Gasteiger partial charge in [-0.15, -0.1) is 0 Å². The van der Waals surface area contributed by atoms with Gasteiger partial charge in [-0.2, -0.15) is 0 Å². The maximum atomic E-state index is 11.4. The van der Waals surface area contributed by atoms with E-state index in [9.17, 15) is 4.21 Å². The number of hydrogen-bond acceptors (Lipinski definition) is 3. The van der Waals surface area contributed by atoms with Crippen LogP contribution in [0.2, 0.25) is 0 Å². The molecule has 0 radical (unpaired) electrons. The molecule has 11 heavy (non-hydrogen) atoms. The molecule has 4 heteroatoms. The van der Waals surface area contributed by atoms with Crippen LogP contribution in [0.5, 0.6) is 0 Å². The van der Waals surface area contributed by atoms with Gasteiger partial charge in [0.2, 0.25) is 0 Å². The Balaban J connectivity index is 2.17. The van der Waals surface area contributed by atoms with Crippen molar-refractivity contribution in [3.8, 4) is 0 Å². The Morgan fingerprint density at radius 2 is 2.45 bits per heavy atom. The van der Waals surface area contributed by atoms with Gasteiger partial charge in [-0.05, 0) is 19.4 Å². The molecule has 0 saturated carbocycles. The Hall–Kier alpha value is 0.0700. The third-order valence-electron chi connectivity index (χ3n) is 1.81. The zero-order valence-electron chi connectivity index (χ0n) is 6.62. The third kappa shape index (κ3) is 2.89. The van der Waals surface area contributed by atoms with E-state index in [4.69, 9.17) is 10.5 Å². The van der Waals surface area contributed by atoms with Gasteiger partial charge in [-0.3, -0.25) is 4.21 Å². The first-order valence-corrected chi connectivity index (χ1v) is 5.38. The third-order valence-corrected chi connectivity index (χ3v) is 3.62. The van der Waals surface area contributed by atoms with Crippen LogP contribution in [0.3, 0.4) is 0 Å². The van der Waals surface area contributed by atoms with Crippen molar-refractivity contribution < 1.29 is 8.95 Å². The fraction of sp³-hybridized carbons (Fsp3) is 1.00. The Kier molecular flexibility index (Phi) is 4.04. The van der Waals surface area contributed by atoms with Crippen LogP contribution in [0.4, 0.5) is 0 Å². The molecule has 0 aromatic carbocycles. The summed E-state index contributed by atoms with van der Waals surface area (Å²) in [6.45, 7) is 2.09. The van der Waals surface area contributed by atoms with E-state index in [1.54, 1.807) is 0 Å². The van der Waals surface area contributed by atoms with Gasteiger partial charge in [0.05, 0.1) is 11.9 Å². The number of nitrogens with two attached hydrogens (primary N) is 1. The smallest absolute Gasteiger partial charge is 0.0610 e. The molecular weight excluding hydrogens is 162 g/mol. The van der Waals surface area contributed by atoms with Crippen molar-refractivity contribution in [1.82, 2.24) is 0 Å². The van der Waals surface area contributed by atoms with Crippen molar-refractivity contribution in [1.29, 1.82) is 0 Å². The van der Waals surface area contributed by atoms with Crippen molar-refractivity contribution in [3.63, 3.8) is 0 Å². The van der Waals surface area contributed by atoms with Gasteiger partial charge in [-0.1, -0.05) is 0 Å². The fourth-order valence-electron chi connectivity index (χ4n) is 1.11. The minimum Gasteiger partial charge on any atom is -0.380 e. The highest BCUT2D eigenvalue weighted by Gasteiger charge is 2.21. The molecule has 1 rings (SSSR count). The van der Waals surface area contributed by atoms with Crippen LogP contribution in [0, 0.1) is 0 Å². The molecule has 66 valence electrons. The first-order chi connectivity index (χ1) is 5.34. The maximum absolute atomic E-state index is 11.4. The van der Waals surface area contributed by atoms with Crippen molar-refractivity contribution >= 4 is 10.8 Å². The summed E-state index contributed by atoms with van der Waals surface area (Å²) in [5.41, 5.74) is 5.31. The molecule has 0 bridgehead atoms. The fourth-order valence-corrected chi connectivity index (χ4v) is 2.50. The second-order valence-corrected chi connectivity index (χ2v) is 4.55. The van der Waals surface area contributed by atoms with Crippen LogP contribution in [-0.4, -0.2) is 35.0 Å². The average molecular weight is 177 g/mol. The summed E-state index contributed by atoms with van der Waals surface area (Å²) >= 11 is 0. The number of rotatable bonds is 4. The highest BCUT2D eigenvalue weighted by atomic mass is 32.2. The molecule has 1 fully saturated rings. The van der Waals surface area contributed by atoms with Gasteiger partial charge in [0.15, 0.2) is 0 Å². The average Bonchev–Trinajstić information content (AvgIpc) is 2.52. The molecule has 1 aliphatic heterocycles. The molecule has 2 N–H and O–H groups in total. The number of hydrogen-bond donors (Lipinski definition) is 1. The SMILES string of the molecule is NCCCS(=O)C1CCOC1. The van der Waals surface area contributed by atoms with Crippen molar-refractivity contribution in [2.24, 2.45) is 5.73 Å². The van der Waals surface area contributed by atoms with E-state index >= 15 is 0 Å². The van der Waals surface area contributed by atoms with E-state index in [0.717, 1.165) is 25.2 Å². The Morgan fingerprint density at radius 1 is 1.64 bits per heavy atom. The minimum atomic E-state index is -0.700. The lowest BCUT2D eigenvalue weighted by molar-refractivity contribution is 0.199. The zero-order valence-corrected chi connectivity index (χ0v) is 7.44. The Labute approximate surface area is 69.8 Å². The van der Waals surface area contributed by atoms with Gasteiger partial charge in [0.1, 0.15) is 0 Å². The van der Waals surface area contributed by atoms with Gasteiger partial charge >= 0.3 is 0 Å². The predicted octanol–water partition coefficient (Wildman–Crippen LogP) is -0.127. The van der Waals surface area contributed by atoms with Gasteiger partial charge in [-0.25, -0.2) is 0 Å². The van der Waals surface area contributed by atoms with Crippen LogP contribution >= 0.6 is 0 Å². The van der Waals surface area contributed by atoms with Crippen molar-refractivity contribution in [2.75, 3.05) is 25.5 Å². The van der Waals surface area contributed by atoms with E-state index in [1.165, 1.54) is 0 Å². The summed E-state index contributed by atoms with van der Waals surface area (Å²) in [5.74, 6) is 0.741. The lowest BCUT2D eigenvalue weighted by atomic mass is 10.4. The molecule has 0 aromatic rings. The topological polar surface area (TPSA) is 52.3 Å². The zero-order chi connectivity index (χ0) is 8.10. The molecule has 2 atom stereocenters. The van der Waals surface area contributed by atoms with Crippen LogP contribution in [0.25, 0.3) is 0 Å². The summed E-state index contributed by atoms with van der Waals surface area (Å²) in [5, 5.41) is 0.279. The molecular formula is C7H15NO2S. The lowest BCUT2D eigenvalue weighted by Gasteiger charge is -2.05.